The lowest BCUT2D eigenvalue weighted by Gasteiger charge is -2.13. The summed E-state index contributed by atoms with van der Waals surface area (Å²) < 4.78 is 0. The lowest BCUT2D eigenvalue weighted by Crippen LogP contribution is -2.28. The Morgan fingerprint density at radius 1 is 1.45 bits per heavy atom. The van der Waals surface area contributed by atoms with E-state index in [1.54, 1.807) is 29.5 Å². The second kappa shape index (κ2) is 8.27. The van der Waals surface area contributed by atoms with E-state index in [-0.39, 0.29) is 12.5 Å². The van der Waals surface area contributed by atoms with E-state index in [0.29, 0.717) is 17.0 Å². The van der Waals surface area contributed by atoms with Gasteiger partial charge in [-0.3, -0.25) is 4.79 Å². The number of hydrogen-bond acceptors (Lipinski definition) is 4. The molecule has 22 heavy (non-hydrogen) atoms. The van der Waals surface area contributed by atoms with E-state index in [9.17, 15) is 9.90 Å². The van der Waals surface area contributed by atoms with Crippen molar-refractivity contribution in [1.29, 1.82) is 0 Å². The third kappa shape index (κ3) is 5.09. The van der Waals surface area contributed by atoms with Crippen molar-refractivity contribution in [1.82, 2.24) is 10.3 Å². The molecule has 0 aliphatic rings. The first-order chi connectivity index (χ1) is 10.6. The van der Waals surface area contributed by atoms with Gasteiger partial charge in [0, 0.05) is 28.9 Å². The number of hydrogen-bond donors (Lipinski definition) is 2. The summed E-state index contributed by atoms with van der Waals surface area (Å²) in [6, 6.07) is 7.08. The number of amides is 1. The molecule has 0 bridgehead atoms. The molecule has 6 heteroatoms. The molecule has 2 aromatic rings. The monoisotopic (exact) mass is 338 g/mol. The summed E-state index contributed by atoms with van der Waals surface area (Å²) in [6.45, 7) is 2.13. The highest BCUT2D eigenvalue weighted by atomic mass is 35.5. The van der Waals surface area contributed by atoms with E-state index in [2.05, 4.69) is 10.3 Å². The number of benzene rings is 1. The van der Waals surface area contributed by atoms with E-state index in [1.807, 2.05) is 18.4 Å². The Hall–Kier alpha value is -1.43. The van der Waals surface area contributed by atoms with Crippen LogP contribution >= 0.6 is 22.9 Å². The third-order valence-corrected chi connectivity index (χ3v) is 4.43. The van der Waals surface area contributed by atoms with Gasteiger partial charge in [-0.1, -0.05) is 29.8 Å². The highest BCUT2D eigenvalue weighted by Crippen LogP contribution is 2.21. The van der Waals surface area contributed by atoms with Crippen LogP contribution in [0.15, 0.2) is 29.6 Å². The summed E-state index contributed by atoms with van der Waals surface area (Å²) in [5.41, 5.74) is 1.66. The SMILES string of the molecule is Cc1nc(CCCC(=O)NCC(O)c2ccccc2Cl)cs1. The smallest absolute Gasteiger partial charge is 0.220 e. The number of rotatable bonds is 7. The average molecular weight is 339 g/mol. The minimum Gasteiger partial charge on any atom is -0.387 e. The maximum Gasteiger partial charge on any atom is 0.220 e. The molecule has 0 aliphatic carbocycles. The molecule has 1 amide bonds. The second-order valence-electron chi connectivity index (χ2n) is 5.05. The molecule has 0 saturated heterocycles. The van der Waals surface area contributed by atoms with Crippen molar-refractivity contribution in [2.75, 3.05) is 6.54 Å². The fraction of sp³-hybridized carbons (Fsp3) is 0.375. The van der Waals surface area contributed by atoms with Gasteiger partial charge >= 0.3 is 0 Å². The van der Waals surface area contributed by atoms with Crippen molar-refractivity contribution in [3.05, 3.63) is 50.9 Å². The molecule has 1 heterocycles. The number of halogens is 1. The van der Waals surface area contributed by atoms with Crippen molar-refractivity contribution in [2.45, 2.75) is 32.3 Å². The third-order valence-electron chi connectivity index (χ3n) is 3.26. The van der Waals surface area contributed by atoms with Crippen LogP contribution in [-0.4, -0.2) is 22.5 Å². The Labute approximate surface area is 139 Å². The number of nitrogens with one attached hydrogen (secondary N) is 1. The predicted molar refractivity (Wildman–Crippen MR) is 89.2 cm³/mol. The normalized spacial score (nSPS) is 12.1. The quantitative estimate of drug-likeness (QED) is 0.814. The number of nitrogens with zero attached hydrogens (tertiary/aromatic N) is 1. The van der Waals surface area contributed by atoms with Crippen molar-refractivity contribution in [2.24, 2.45) is 0 Å². The van der Waals surface area contributed by atoms with Gasteiger partial charge in [-0.25, -0.2) is 4.98 Å². The summed E-state index contributed by atoms with van der Waals surface area (Å²) in [5.74, 6) is -0.0712. The minimum atomic E-state index is -0.793. The van der Waals surface area contributed by atoms with Crippen LogP contribution in [-0.2, 0) is 11.2 Å². The van der Waals surface area contributed by atoms with E-state index in [0.717, 1.165) is 23.5 Å². The number of carbonyl (C=O) groups is 1. The van der Waals surface area contributed by atoms with Gasteiger partial charge in [0.2, 0.25) is 5.91 Å². The number of carbonyl (C=O) groups excluding carboxylic acids is 1. The first-order valence-electron chi connectivity index (χ1n) is 7.16. The van der Waals surface area contributed by atoms with Crippen LogP contribution in [0, 0.1) is 6.92 Å². The first kappa shape index (κ1) is 16.9. The lowest BCUT2D eigenvalue weighted by molar-refractivity contribution is -0.121. The molecule has 0 radical (unpaired) electrons. The number of aliphatic hydroxyl groups is 1. The Morgan fingerprint density at radius 2 is 2.23 bits per heavy atom. The molecular weight excluding hydrogens is 320 g/mol. The number of thiazole rings is 1. The standard InChI is InChI=1S/C16H19ClN2O2S/c1-11-19-12(10-22-11)5-4-8-16(21)18-9-15(20)13-6-2-3-7-14(13)17/h2-3,6-7,10,15,20H,4-5,8-9H2,1H3,(H,18,21). The molecule has 2 N–H and O–H groups in total. The Bertz CT molecular complexity index is 630. The number of aryl methyl sites for hydroxylation is 2. The Kier molecular flexibility index (Phi) is 6.36. The van der Waals surface area contributed by atoms with Gasteiger partial charge in [-0.15, -0.1) is 11.3 Å². The van der Waals surface area contributed by atoms with E-state index < -0.39 is 6.10 Å². The molecule has 1 atom stereocenters. The van der Waals surface area contributed by atoms with Crippen LogP contribution in [0.4, 0.5) is 0 Å². The predicted octanol–water partition coefficient (Wildman–Crippen LogP) is 3.28. The molecule has 1 unspecified atom stereocenters. The molecule has 1 aromatic carbocycles. The number of aromatic nitrogens is 1. The molecule has 4 nitrogen and oxygen atoms in total. The number of aliphatic hydroxyl groups excluding tert-OH is 1. The molecule has 0 saturated carbocycles. The highest BCUT2D eigenvalue weighted by molar-refractivity contribution is 7.09. The average Bonchev–Trinajstić information content (AvgIpc) is 2.91. The Balaban J connectivity index is 1.70. The van der Waals surface area contributed by atoms with E-state index in [4.69, 9.17) is 11.6 Å². The zero-order chi connectivity index (χ0) is 15.9. The summed E-state index contributed by atoms with van der Waals surface area (Å²) in [5, 5.41) is 16.4. The summed E-state index contributed by atoms with van der Waals surface area (Å²) in [4.78, 5) is 16.1. The van der Waals surface area contributed by atoms with Crippen LogP contribution in [0.25, 0.3) is 0 Å². The largest absolute Gasteiger partial charge is 0.387 e. The van der Waals surface area contributed by atoms with Gasteiger partial charge in [0.15, 0.2) is 0 Å². The van der Waals surface area contributed by atoms with Crippen LogP contribution in [0.1, 0.15) is 35.2 Å². The lowest BCUT2D eigenvalue weighted by atomic mass is 10.1. The van der Waals surface area contributed by atoms with Gasteiger partial charge in [0.1, 0.15) is 0 Å². The van der Waals surface area contributed by atoms with Crippen LogP contribution < -0.4 is 5.32 Å². The van der Waals surface area contributed by atoms with Crippen molar-refractivity contribution < 1.29 is 9.90 Å². The van der Waals surface area contributed by atoms with Gasteiger partial charge in [0.05, 0.1) is 16.8 Å². The molecule has 0 spiro atoms. The van der Waals surface area contributed by atoms with Crippen LogP contribution in [0.2, 0.25) is 5.02 Å². The molecule has 118 valence electrons. The minimum absolute atomic E-state index is 0.0712. The zero-order valence-corrected chi connectivity index (χ0v) is 14.0. The molecule has 0 fully saturated rings. The molecular formula is C16H19ClN2O2S. The molecule has 0 aliphatic heterocycles. The molecule has 1 aromatic heterocycles. The van der Waals surface area contributed by atoms with Crippen LogP contribution in [0.5, 0.6) is 0 Å². The van der Waals surface area contributed by atoms with Crippen molar-refractivity contribution >= 4 is 28.8 Å². The van der Waals surface area contributed by atoms with Gasteiger partial charge in [-0.2, -0.15) is 0 Å². The first-order valence-corrected chi connectivity index (χ1v) is 8.42. The summed E-state index contributed by atoms with van der Waals surface area (Å²) in [7, 11) is 0. The van der Waals surface area contributed by atoms with E-state index >= 15 is 0 Å². The van der Waals surface area contributed by atoms with Gasteiger partial charge < -0.3 is 10.4 Å². The maximum absolute atomic E-state index is 11.8. The van der Waals surface area contributed by atoms with Crippen molar-refractivity contribution in [3.63, 3.8) is 0 Å². The topological polar surface area (TPSA) is 62.2 Å². The maximum atomic E-state index is 11.8. The molecule has 2 rings (SSSR count). The fourth-order valence-electron chi connectivity index (χ4n) is 2.11. The van der Waals surface area contributed by atoms with Crippen LogP contribution in [0.3, 0.4) is 0 Å². The summed E-state index contributed by atoms with van der Waals surface area (Å²) in [6.07, 6.45) is 1.17. The Morgan fingerprint density at radius 3 is 2.91 bits per heavy atom. The highest BCUT2D eigenvalue weighted by Gasteiger charge is 2.12. The van der Waals surface area contributed by atoms with Gasteiger partial charge in [0.25, 0.3) is 0 Å². The fourth-order valence-corrected chi connectivity index (χ4v) is 3.02. The van der Waals surface area contributed by atoms with Gasteiger partial charge in [-0.05, 0) is 25.8 Å². The summed E-state index contributed by atoms with van der Waals surface area (Å²) >= 11 is 7.63. The van der Waals surface area contributed by atoms with E-state index in [1.165, 1.54) is 0 Å². The second-order valence-corrected chi connectivity index (χ2v) is 6.52. The van der Waals surface area contributed by atoms with Crippen molar-refractivity contribution in [3.8, 4) is 0 Å². The zero-order valence-electron chi connectivity index (χ0n) is 12.4.